The molecule has 0 radical (unpaired) electrons. The van der Waals surface area contributed by atoms with Crippen molar-refractivity contribution in [3.05, 3.63) is 35.4 Å². The molecule has 0 aromatic heterocycles. The first-order chi connectivity index (χ1) is 8.72. The highest BCUT2D eigenvalue weighted by atomic mass is 15.0. The molecule has 1 fully saturated rings. The maximum Gasteiger partial charge on any atom is 0.0158 e. The summed E-state index contributed by atoms with van der Waals surface area (Å²) >= 11 is 0. The summed E-state index contributed by atoms with van der Waals surface area (Å²) < 4.78 is 0. The summed E-state index contributed by atoms with van der Waals surface area (Å²) in [5.41, 5.74) is 3.70. The molecule has 1 aromatic rings. The molecule has 1 aromatic carbocycles. The molecule has 3 rings (SSSR count). The molecule has 0 spiro atoms. The lowest BCUT2D eigenvalue weighted by atomic mass is 9.47. The molecule has 1 heteroatoms. The SMILES string of the molecule is CCC1(C)C(NC)C2CCCc3ccccc3C21. The molecular formula is C17H25N. The third-order valence-electron chi connectivity index (χ3n) is 5.72. The smallest absolute Gasteiger partial charge is 0.0158 e. The van der Waals surface area contributed by atoms with E-state index in [1.54, 1.807) is 11.1 Å². The second kappa shape index (κ2) is 4.38. The average Bonchev–Trinajstić information content (AvgIpc) is 2.56. The number of benzene rings is 1. The van der Waals surface area contributed by atoms with Gasteiger partial charge in [-0.2, -0.15) is 0 Å². The van der Waals surface area contributed by atoms with Crippen LogP contribution >= 0.6 is 0 Å². The molecule has 0 aliphatic heterocycles. The van der Waals surface area contributed by atoms with E-state index in [2.05, 4.69) is 50.5 Å². The summed E-state index contributed by atoms with van der Waals surface area (Å²) in [6.45, 7) is 4.84. The van der Waals surface area contributed by atoms with Crippen molar-refractivity contribution in [2.45, 2.75) is 51.5 Å². The maximum absolute atomic E-state index is 3.60. The van der Waals surface area contributed by atoms with E-state index in [9.17, 15) is 0 Å². The van der Waals surface area contributed by atoms with E-state index >= 15 is 0 Å². The lowest BCUT2D eigenvalue weighted by Crippen LogP contribution is -2.62. The summed E-state index contributed by atoms with van der Waals surface area (Å²) in [7, 11) is 2.14. The Hall–Kier alpha value is -0.820. The first-order valence-corrected chi connectivity index (χ1v) is 7.47. The number of rotatable bonds is 2. The molecule has 0 heterocycles. The molecule has 0 saturated heterocycles. The van der Waals surface area contributed by atoms with E-state index < -0.39 is 0 Å². The van der Waals surface area contributed by atoms with Crippen LogP contribution in [-0.2, 0) is 6.42 Å². The van der Waals surface area contributed by atoms with Crippen molar-refractivity contribution < 1.29 is 0 Å². The van der Waals surface area contributed by atoms with Gasteiger partial charge in [-0.1, -0.05) is 38.1 Å². The van der Waals surface area contributed by atoms with Crippen molar-refractivity contribution in [2.24, 2.45) is 11.3 Å². The molecule has 1 saturated carbocycles. The first kappa shape index (κ1) is 12.2. The normalized spacial score (nSPS) is 38.3. The zero-order chi connectivity index (χ0) is 12.8. The molecule has 18 heavy (non-hydrogen) atoms. The van der Waals surface area contributed by atoms with E-state index in [1.165, 1.54) is 25.7 Å². The lowest BCUT2D eigenvalue weighted by Gasteiger charge is -2.60. The van der Waals surface area contributed by atoms with Crippen LogP contribution in [0.2, 0.25) is 0 Å². The highest BCUT2D eigenvalue weighted by Crippen LogP contribution is 2.61. The third kappa shape index (κ3) is 1.50. The number of hydrogen-bond acceptors (Lipinski definition) is 1. The Labute approximate surface area is 111 Å². The van der Waals surface area contributed by atoms with Gasteiger partial charge in [0.1, 0.15) is 0 Å². The fraction of sp³-hybridized carbons (Fsp3) is 0.647. The molecule has 2 aliphatic rings. The van der Waals surface area contributed by atoms with Crippen LogP contribution in [0.3, 0.4) is 0 Å². The Kier molecular flexibility index (Phi) is 2.97. The number of nitrogens with one attached hydrogen (secondary N) is 1. The quantitative estimate of drug-likeness (QED) is 0.834. The van der Waals surface area contributed by atoms with E-state index in [1.807, 2.05) is 0 Å². The standard InChI is InChI=1S/C17H25N/c1-4-17(2)15-13-10-6-5-8-12(13)9-7-11-14(15)16(17)18-3/h5-6,8,10,14-16,18H,4,7,9,11H2,1-3H3. The Balaban J connectivity index is 2.04. The van der Waals surface area contributed by atoms with Crippen LogP contribution in [0.5, 0.6) is 0 Å². The summed E-state index contributed by atoms with van der Waals surface area (Å²) in [6, 6.07) is 9.87. The van der Waals surface area contributed by atoms with Crippen LogP contribution in [0, 0.1) is 11.3 Å². The van der Waals surface area contributed by atoms with Crippen molar-refractivity contribution in [2.75, 3.05) is 7.05 Å². The Morgan fingerprint density at radius 3 is 2.83 bits per heavy atom. The molecule has 0 amide bonds. The Morgan fingerprint density at radius 1 is 1.33 bits per heavy atom. The van der Waals surface area contributed by atoms with Gasteiger partial charge >= 0.3 is 0 Å². The largest absolute Gasteiger partial charge is 0.316 e. The van der Waals surface area contributed by atoms with Gasteiger partial charge in [-0.3, -0.25) is 0 Å². The number of aryl methyl sites for hydroxylation is 1. The highest BCUT2D eigenvalue weighted by Gasteiger charge is 2.57. The fourth-order valence-corrected chi connectivity index (χ4v) is 4.74. The maximum atomic E-state index is 3.60. The first-order valence-electron chi connectivity index (χ1n) is 7.47. The fourth-order valence-electron chi connectivity index (χ4n) is 4.74. The lowest BCUT2D eigenvalue weighted by molar-refractivity contribution is -0.0286. The molecule has 0 bridgehead atoms. The van der Waals surface area contributed by atoms with Crippen LogP contribution in [-0.4, -0.2) is 13.1 Å². The molecule has 4 atom stereocenters. The van der Waals surface area contributed by atoms with Crippen molar-refractivity contribution in [1.82, 2.24) is 5.32 Å². The summed E-state index contributed by atoms with van der Waals surface area (Å²) in [5.74, 6) is 1.63. The van der Waals surface area contributed by atoms with E-state index in [0.717, 1.165) is 11.8 Å². The van der Waals surface area contributed by atoms with Gasteiger partial charge < -0.3 is 5.32 Å². The van der Waals surface area contributed by atoms with Crippen molar-refractivity contribution >= 4 is 0 Å². The van der Waals surface area contributed by atoms with Crippen LogP contribution in [0.25, 0.3) is 0 Å². The minimum Gasteiger partial charge on any atom is -0.316 e. The molecule has 1 N–H and O–H groups in total. The summed E-state index contributed by atoms with van der Waals surface area (Å²) in [5, 5.41) is 3.60. The van der Waals surface area contributed by atoms with Crippen molar-refractivity contribution in [1.29, 1.82) is 0 Å². The van der Waals surface area contributed by atoms with Gasteiger partial charge in [-0.25, -0.2) is 0 Å². The molecule has 2 aliphatic carbocycles. The monoisotopic (exact) mass is 243 g/mol. The van der Waals surface area contributed by atoms with Crippen molar-refractivity contribution in [3.8, 4) is 0 Å². The molecule has 98 valence electrons. The number of fused-ring (bicyclic) bond motifs is 3. The van der Waals surface area contributed by atoms with Gasteiger partial charge in [0.25, 0.3) is 0 Å². The minimum atomic E-state index is 0.444. The predicted octanol–water partition coefficient (Wildman–Crippen LogP) is 3.74. The highest BCUT2D eigenvalue weighted by molar-refractivity contribution is 5.38. The topological polar surface area (TPSA) is 12.0 Å². The average molecular weight is 243 g/mol. The van der Waals surface area contributed by atoms with Crippen molar-refractivity contribution in [3.63, 3.8) is 0 Å². The van der Waals surface area contributed by atoms with Gasteiger partial charge in [-0.05, 0) is 61.1 Å². The Morgan fingerprint density at radius 2 is 2.11 bits per heavy atom. The van der Waals surface area contributed by atoms with E-state index in [0.29, 0.717) is 11.5 Å². The zero-order valence-corrected chi connectivity index (χ0v) is 11.9. The third-order valence-corrected chi connectivity index (χ3v) is 5.72. The van der Waals surface area contributed by atoms with Gasteiger partial charge in [0, 0.05) is 6.04 Å². The van der Waals surface area contributed by atoms with Gasteiger partial charge in [0.05, 0.1) is 0 Å². The van der Waals surface area contributed by atoms with Crippen LogP contribution in [0.15, 0.2) is 24.3 Å². The van der Waals surface area contributed by atoms with Crippen LogP contribution < -0.4 is 5.32 Å². The summed E-state index contributed by atoms with van der Waals surface area (Å²) in [4.78, 5) is 0. The second-order valence-corrected chi connectivity index (χ2v) is 6.36. The van der Waals surface area contributed by atoms with E-state index in [-0.39, 0.29) is 0 Å². The molecular weight excluding hydrogens is 218 g/mol. The summed E-state index contributed by atoms with van der Waals surface area (Å²) in [6.07, 6.45) is 5.30. The van der Waals surface area contributed by atoms with Crippen LogP contribution in [0.1, 0.15) is 50.2 Å². The molecule has 1 nitrogen and oxygen atoms in total. The number of hydrogen-bond donors (Lipinski definition) is 1. The van der Waals surface area contributed by atoms with Gasteiger partial charge in [-0.15, -0.1) is 0 Å². The minimum absolute atomic E-state index is 0.444. The molecule has 4 unspecified atom stereocenters. The second-order valence-electron chi connectivity index (χ2n) is 6.36. The van der Waals surface area contributed by atoms with Crippen LogP contribution in [0.4, 0.5) is 0 Å². The van der Waals surface area contributed by atoms with E-state index in [4.69, 9.17) is 0 Å². The predicted molar refractivity (Wildman–Crippen MR) is 76.9 cm³/mol. The zero-order valence-electron chi connectivity index (χ0n) is 11.9. The van der Waals surface area contributed by atoms with Gasteiger partial charge in [0.2, 0.25) is 0 Å². The Bertz CT molecular complexity index is 439. The van der Waals surface area contributed by atoms with Gasteiger partial charge in [0.15, 0.2) is 0 Å².